The van der Waals surface area contributed by atoms with Crippen LogP contribution in [0.15, 0.2) is 6.33 Å². The van der Waals surface area contributed by atoms with Crippen LogP contribution in [-0.4, -0.2) is 30.2 Å². The van der Waals surface area contributed by atoms with Crippen LogP contribution in [0.1, 0.15) is 18.9 Å². The number of hydrogen-bond donors (Lipinski definition) is 1. The maximum Gasteiger partial charge on any atom is 0.224 e. The fraction of sp³-hybridized carbons (Fsp3) is 0.500. The first kappa shape index (κ1) is 13.3. The lowest BCUT2D eigenvalue weighted by molar-refractivity contribution is 0.357. The first-order valence-corrected chi connectivity index (χ1v) is 5.31. The van der Waals surface area contributed by atoms with E-state index < -0.39 is 0 Å². The van der Waals surface area contributed by atoms with E-state index in [9.17, 15) is 0 Å². The van der Waals surface area contributed by atoms with Gasteiger partial charge in [0.15, 0.2) is 0 Å². The highest BCUT2D eigenvalue weighted by molar-refractivity contribution is 5.34. The Labute approximate surface area is 102 Å². The maximum atomic E-state index is 5.25. The molecule has 1 atom stereocenters. The SMILES string of the molecule is C#CCC(C)NCc1c(OC)ncnc1OC. The van der Waals surface area contributed by atoms with Crippen LogP contribution in [0.3, 0.4) is 0 Å². The summed E-state index contributed by atoms with van der Waals surface area (Å²) in [5, 5.41) is 3.27. The topological polar surface area (TPSA) is 56.3 Å². The molecule has 1 heterocycles. The second-order valence-electron chi connectivity index (χ2n) is 3.56. The van der Waals surface area contributed by atoms with Crippen molar-refractivity contribution in [1.29, 1.82) is 0 Å². The zero-order valence-corrected chi connectivity index (χ0v) is 10.4. The van der Waals surface area contributed by atoms with Crippen molar-refractivity contribution in [2.45, 2.75) is 25.9 Å². The van der Waals surface area contributed by atoms with E-state index in [1.807, 2.05) is 6.92 Å². The van der Waals surface area contributed by atoms with Gasteiger partial charge in [0, 0.05) is 19.0 Å². The second kappa shape index (κ2) is 6.71. The Morgan fingerprint density at radius 2 is 1.94 bits per heavy atom. The number of nitrogens with one attached hydrogen (secondary N) is 1. The van der Waals surface area contributed by atoms with Crippen LogP contribution in [0.25, 0.3) is 0 Å². The van der Waals surface area contributed by atoms with Gasteiger partial charge < -0.3 is 14.8 Å². The van der Waals surface area contributed by atoms with E-state index >= 15 is 0 Å². The van der Waals surface area contributed by atoms with Gasteiger partial charge in [0.2, 0.25) is 11.8 Å². The molecule has 0 aliphatic carbocycles. The Balaban J connectivity index is 2.78. The molecule has 1 aromatic rings. The number of terminal acetylenes is 1. The first-order valence-electron chi connectivity index (χ1n) is 5.31. The monoisotopic (exact) mass is 235 g/mol. The molecule has 0 aliphatic heterocycles. The van der Waals surface area contributed by atoms with Gasteiger partial charge in [-0.05, 0) is 6.92 Å². The van der Waals surface area contributed by atoms with E-state index in [4.69, 9.17) is 15.9 Å². The highest BCUT2D eigenvalue weighted by Crippen LogP contribution is 2.22. The highest BCUT2D eigenvalue weighted by Gasteiger charge is 2.13. The Morgan fingerprint density at radius 1 is 1.35 bits per heavy atom. The second-order valence-corrected chi connectivity index (χ2v) is 3.56. The van der Waals surface area contributed by atoms with E-state index in [2.05, 4.69) is 21.2 Å². The molecule has 92 valence electrons. The van der Waals surface area contributed by atoms with E-state index in [0.29, 0.717) is 24.7 Å². The van der Waals surface area contributed by atoms with Crippen molar-refractivity contribution in [2.24, 2.45) is 0 Å². The summed E-state index contributed by atoms with van der Waals surface area (Å²) in [4.78, 5) is 8.07. The zero-order valence-electron chi connectivity index (χ0n) is 10.4. The summed E-state index contributed by atoms with van der Waals surface area (Å²) in [6, 6.07) is 0.217. The van der Waals surface area contributed by atoms with Crippen LogP contribution in [0, 0.1) is 12.3 Å². The summed E-state index contributed by atoms with van der Waals surface area (Å²) in [6.45, 7) is 2.57. The Bertz CT molecular complexity index is 379. The minimum Gasteiger partial charge on any atom is -0.481 e. The lowest BCUT2D eigenvalue weighted by Crippen LogP contribution is -2.25. The predicted molar refractivity (Wildman–Crippen MR) is 64.9 cm³/mol. The number of aromatic nitrogens is 2. The van der Waals surface area contributed by atoms with Gasteiger partial charge in [-0.1, -0.05) is 0 Å². The van der Waals surface area contributed by atoms with Gasteiger partial charge in [-0.3, -0.25) is 0 Å². The molecule has 1 aromatic heterocycles. The van der Waals surface area contributed by atoms with Gasteiger partial charge in [0.25, 0.3) is 0 Å². The molecule has 5 heteroatoms. The number of nitrogens with zero attached hydrogens (tertiary/aromatic N) is 2. The fourth-order valence-corrected chi connectivity index (χ4v) is 1.41. The third-order valence-electron chi connectivity index (χ3n) is 2.30. The van der Waals surface area contributed by atoms with Crippen LogP contribution in [0.5, 0.6) is 11.8 Å². The number of ether oxygens (including phenoxy) is 2. The van der Waals surface area contributed by atoms with Crippen molar-refractivity contribution in [3.05, 3.63) is 11.9 Å². The van der Waals surface area contributed by atoms with Crippen molar-refractivity contribution in [3.8, 4) is 24.1 Å². The number of methoxy groups -OCH3 is 2. The molecule has 0 spiro atoms. The summed E-state index contributed by atoms with van der Waals surface area (Å²) in [5.74, 6) is 3.63. The summed E-state index contributed by atoms with van der Waals surface area (Å²) < 4.78 is 10.3. The molecule has 1 unspecified atom stereocenters. The van der Waals surface area contributed by atoms with Crippen molar-refractivity contribution in [3.63, 3.8) is 0 Å². The number of hydrogen-bond acceptors (Lipinski definition) is 5. The quantitative estimate of drug-likeness (QED) is 0.745. The molecule has 0 aliphatic rings. The van der Waals surface area contributed by atoms with E-state index in [-0.39, 0.29) is 6.04 Å². The summed E-state index contributed by atoms with van der Waals surface area (Å²) in [5.41, 5.74) is 0.793. The van der Waals surface area contributed by atoms with Gasteiger partial charge >= 0.3 is 0 Å². The summed E-state index contributed by atoms with van der Waals surface area (Å²) in [6.07, 6.45) is 7.32. The lowest BCUT2D eigenvalue weighted by Gasteiger charge is -2.14. The largest absolute Gasteiger partial charge is 0.481 e. The van der Waals surface area contributed by atoms with E-state index in [1.54, 1.807) is 14.2 Å². The van der Waals surface area contributed by atoms with Gasteiger partial charge in [-0.15, -0.1) is 12.3 Å². The normalized spacial score (nSPS) is 11.6. The van der Waals surface area contributed by atoms with Crippen molar-refractivity contribution < 1.29 is 9.47 Å². The molecule has 0 aromatic carbocycles. The van der Waals surface area contributed by atoms with Gasteiger partial charge in [-0.2, -0.15) is 0 Å². The molecule has 0 amide bonds. The molecule has 1 rings (SSSR count). The maximum absolute atomic E-state index is 5.25. The Hall–Kier alpha value is -1.80. The van der Waals surface area contributed by atoms with Gasteiger partial charge in [0.05, 0.1) is 19.8 Å². The molecule has 0 radical (unpaired) electrons. The van der Waals surface area contributed by atoms with Crippen LogP contribution in [0.4, 0.5) is 0 Å². The zero-order chi connectivity index (χ0) is 12.7. The lowest BCUT2D eigenvalue weighted by atomic mass is 10.2. The Kier molecular flexibility index (Phi) is 5.24. The van der Waals surface area contributed by atoms with Crippen LogP contribution in [-0.2, 0) is 6.54 Å². The molecule has 1 N–H and O–H groups in total. The summed E-state index contributed by atoms with van der Waals surface area (Å²) >= 11 is 0. The van der Waals surface area contributed by atoms with E-state index in [1.165, 1.54) is 6.33 Å². The first-order chi connectivity index (χ1) is 8.22. The number of rotatable bonds is 6. The minimum absolute atomic E-state index is 0.217. The molecule has 5 nitrogen and oxygen atoms in total. The van der Waals surface area contributed by atoms with Gasteiger partial charge in [0.1, 0.15) is 6.33 Å². The van der Waals surface area contributed by atoms with E-state index in [0.717, 1.165) is 5.56 Å². The van der Waals surface area contributed by atoms with Crippen molar-refractivity contribution in [1.82, 2.24) is 15.3 Å². The Morgan fingerprint density at radius 3 is 2.41 bits per heavy atom. The molecular weight excluding hydrogens is 218 g/mol. The molecule has 17 heavy (non-hydrogen) atoms. The molecule has 0 saturated heterocycles. The third kappa shape index (κ3) is 3.61. The van der Waals surface area contributed by atoms with Crippen LogP contribution >= 0.6 is 0 Å². The molecule has 0 saturated carbocycles. The van der Waals surface area contributed by atoms with Gasteiger partial charge in [-0.25, -0.2) is 9.97 Å². The van der Waals surface area contributed by atoms with Crippen molar-refractivity contribution in [2.75, 3.05) is 14.2 Å². The average molecular weight is 235 g/mol. The minimum atomic E-state index is 0.217. The van der Waals surface area contributed by atoms with Crippen LogP contribution < -0.4 is 14.8 Å². The fourth-order valence-electron chi connectivity index (χ4n) is 1.41. The standard InChI is InChI=1S/C12H17N3O2/c1-5-6-9(2)13-7-10-11(16-3)14-8-15-12(10)17-4/h1,8-9,13H,6-7H2,2-4H3. The van der Waals surface area contributed by atoms with Crippen LogP contribution in [0.2, 0.25) is 0 Å². The summed E-state index contributed by atoms with van der Waals surface area (Å²) in [7, 11) is 3.13. The molecule has 0 fully saturated rings. The van der Waals surface area contributed by atoms with Crippen molar-refractivity contribution >= 4 is 0 Å². The predicted octanol–water partition coefficient (Wildman–Crippen LogP) is 0.995. The molecular formula is C12H17N3O2. The third-order valence-corrected chi connectivity index (χ3v) is 2.30. The average Bonchev–Trinajstić information content (AvgIpc) is 2.36. The highest BCUT2D eigenvalue weighted by atomic mass is 16.5. The molecule has 0 bridgehead atoms. The smallest absolute Gasteiger partial charge is 0.224 e.